The van der Waals surface area contributed by atoms with Gasteiger partial charge < -0.3 is 11.1 Å². The third-order valence-corrected chi connectivity index (χ3v) is 3.76. The van der Waals surface area contributed by atoms with Crippen LogP contribution in [0.3, 0.4) is 0 Å². The number of benzene rings is 2. The summed E-state index contributed by atoms with van der Waals surface area (Å²) in [6.07, 6.45) is 2.57. The summed E-state index contributed by atoms with van der Waals surface area (Å²) < 4.78 is 0. The van der Waals surface area contributed by atoms with Crippen molar-refractivity contribution in [3.63, 3.8) is 0 Å². The van der Waals surface area contributed by atoms with Gasteiger partial charge in [0.25, 0.3) is 0 Å². The van der Waals surface area contributed by atoms with E-state index in [1.807, 2.05) is 6.07 Å². The number of rotatable bonds is 5. The lowest BCUT2D eigenvalue weighted by Gasteiger charge is -2.12. The fraction of sp³-hybridized carbons (Fsp3) is 0.294. The first-order chi connectivity index (χ1) is 9.33. The van der Waals surface area contributed by atoms with Crippen LogP contribution in [0.15, 0.2) is 54.6 Å². The maximum absolute atomic E-state index is 6.19. The molecule has 0 aliphatic heterocycles. The highest BCUT2D eigenvalue weighted by Gasteiger charge is 2.29. The van der Waals surface area contributed by atoms with Crippen molar-refractivity contribution in [2.24, 2.45) is 11.7 Å². The van der Waals surface area contributed by atoms with Gasteiger partial charge in [0, 0.05) is 18.3 Å². The molecule has 106 valence electrons. The van der Waals surface area contributed by atoms with Crippen LogP contribution >= 0.6 is 12.4 Å². The highest BCUT2D eigenvalue weighted by atomic mass is 35.5. The van der Waals surface area contributed by atoms with Crippen molar-refractivity contribution in [1.82, 2.24) is 0 Å². The van der Waals surface area contributed by atoms with Crippen molar-refractivity contribution in [2.45, 2.75) is 25.4 Å². The van der Waals surface area contributed by atoms with Crippen LogP contribution in [0.4, 0.5) is 5.69 Å². The fourth-order valence-corrected chi connectivity index (χ4v) is 2.35. The number of anilines is 1. The van der Waals surface area contributed by atoms with E-state index < -0.39 is 0 Å². The molecular weight excluding hydrogens is 268 g/mol. The summed E-state index contributed by atoms with van der Waals surface area (Å²) in [4.78, 5) is 0. The minimum absolute atomic E-state index is 0. The summed E-state index contributed by atoms with van der Waals surface area (Å²) in [5, 5.41) is 3.43. The summed E-state index contributed by atoms with van der Waals surface area (Å²) in [5.41, 5.74) is 9.89. The molecule has 0 radical (unpaired) electrons. The average Bonchev–Trinajstić information content (AvgIpc) is 3.31. The first kappa shape index (κ1) is 14.9. The molecule has 0 heterocycles. The first-order valence-electron chi connectivity index (χ1n) is 6.96. The van der Waals surface area contributed by atoms with Crippen LogP contribution in [0.5, 0.6) is 0 Å². The predicted octanol–water partition coefficient (Wildman–Crippen LogP) is 4.13. The molecule has 0 unspecified atom stereocenters. The smallest absolute Gasteiger partial charge is 0.0400 e. The van der Waals surface area contributed by atoms with Crippen molar-refractivity contribution >= 4 is 18.1 Å². The van der Waals surface area contributed by atoms with Gasteiger partial charge in [0.1, 0.15) is 0 Å². The third-order valence-electron chi connectivity index (χ3n) is 3.76. The van der Waals surface area contributed by atoms with Crippen molar-refractivity contribution in [1.29, 1.82) is 0 Å². The number of nitrogens with one attached hydrogen (secondary N) is 1. The van der Waals surface area contributed by atoms with Gasteiger partial charge >= 0.3 is 0 Å². The molecule has 2 nitrogen and oxygen atoms in total. The molecule has 3 N–H and O–H groups in total. The summed E-state index contributed by atoms with van der Waals surface area (Å²) in [7, 11) is 0. The van der Waals surface area contributed by atoms with Gasteiger partial charge in [-0.25, -0.2) is 0 Å². The summed E-state index contributed by atoms with van der Waals surface area (Å²) >= 11 is 0. The quantitative estimate of drug-likeness (QED) is 0.868. The molecule has 0 saturated heterocycles. The van der Waals surface area contributed by atoms with Crippen LogP contribution in [0.25, 0.3) is 0 Å². The number of hydrogen-bond acceptors (Lipinski definition) is 2. The van der Waals surface area contributed by atoms with Crippen LogP contribution in [-0.4, -0.2) is 0 Å². The Labute approximate surface area is 126 Å². The van der Waals surface area contributed by atoms with E-state index in [9.17, 15) is 0 Å². The Kier molecular flexibility index (Phi) is 5.05. The first-order valence-corrected chi connectivity index (χ1v) is 6.96. The number of halogens is 1. The standard InChI is InChI=1S/C17H20N2.ClH/c18-17(14-6-7-14)15-8-10-16(11-9-15)19-12-13-4-2-1-3-5-13;/h1-5,8-11,14,17,19H,6-7,12,18H2;1H/t17-;/m0./s1. The largest absolute Gasteiger partial charge is 0.381 e. The molecule has 0 amide bonds. The van der Waals surface area contributed by atoms with E-state index in [0.717, 1.165) is 12.2 Å². The molecule has 1 aliphatic carbocycles. The SMILES string of the molecule is Cl.N[C@H](c1ccc(NCc2ccccc2)cc1)C1CC1. The van der Waals surface area contributed by atoms with Gasteiger partial charge in [0.05, 0.1) is 0 Å². The lowest BCUT2D eigenvalue weighted by Crippen LogP contribution is -2.12. The summed E-state index contributed by atoms with van der Waals surface area (Å²) in [6.45, 7) is 0.856. The zero-order valence-electron chi connectivity index (χ0n) is 11.5. The second kappa shape index (κ2) is 6.78. The van der Waals surface area contributed by atoms with Crippen LogP contribution in [0.2, 0.25) is 0 Å². The molecule has 1 fully saturated rings. The van der Waals surface area contributed by atoms with Gasteiger partial charge in [-0.2, -0.15) is 0 Å². The molecule has 0 spiro atoms. The normalized spacial score (nSPS) is 15.2. The predicted molar refractivity (Wildman–Crippen MR) is 87.1 cm³/mol. The second-order valence-electron chi connectivity index (χ2n) is 5.32. The maximum Gasteiger partial charge on any atom is 0.0400 e. The summed E-state index contributed by atoms with van der Waals surface area (Å²) in [5.74, 6) is 0.711. The van der Waals surface area contributed by atoms with E-state index in [1.54, 1.807) is 0 Å². The third kappa shape index (κ3) is 3.75. The van der Waals surface area contributed by atoms with E-state index in [-0.39, 0.29) is 18.4 Å². The zero-order valence-corrected chi connectivity index (χ0v) is 12.3. The molecule has 1 atom stereocenters. The van der Waals surface area contributed by atoms with Crippen molar-refractivity contribution < 1.29 is 0 Å². The van der Waals surface area contributed by atoms with E-state index in [4.69, 9.17) is 5.73 Å². The molecule has 2 aromatic rings. The van der Waals surface area contributed by atoms with E-state index in [1.165, 1.54) is 24.0 Å². The van der Waals surface area contributed by atoms with Gasteiger partial charge in [0.2, 0.25) is 0 Å². The molecule has 2 aromatic carbocycles. The average molecular weight is 289 g/mol. The fourth-order valence-electron chi connectivity index (χ4n) is 2.35. The Morgan fingerprint density at radius 1 is 1.00 bits per heavy atom. The van der Waals surface area contributed by atoms with Crippen LogP contribution in [0.1, 0.15) is 30.0 Å². The van der Waals surface area contributed by atoms with E-state index >= 15 is 0 Å². The Balaban J connectivity index is 0.00000147. The van der Waals surface area contributed by atoms with E-state index in [0.29, 0.717) is 5.92 Å². The van der Waals surface area contributed by atoms with Crippen molar-refractivity contribution in [3.8, 4) is 0 Å². The lowest BCUT2D eigenvalue weighted by molar-refractivity contribution is 0.633. The molecule has 0 aromatic heterocycles. The summed E-state index contributed by atoms with van der Waals surface area (Å²) in [6, 6.07) is 19.2. The Morgan fingerprint density at radius 3 is 2.25 bits per heavy atom. The van der Waals surface area contributed by atoms with Crippen LogP contribution in [-0.2, 0) is 6.54 Å². The van der Waals surface area contributed by atoms with Crippen molar-refractivity contribution in [2.75, 3.05) is 5.32 Å². The monoisotopic (exact) mass is 288 g/mol. The van der Waals surface area contributed by atoms with Gasteiger partial charge in [-0.05, 0) is 42.0 Å². The van der Waals surface area contributed by atoms with Gasteiger partial charge in [0.15, 0.2) is 0 Å². The molecular formula is C17H21ClN2. The lowest BCUT2D eigenvalue weighted by atomic mass is 10.0. The molecule has 3 rings (SSSR count). The molecule has 1 aliphatic rings. The Morgan fingerprint density at radius 2 is 1.65 bits per heavy atom. The minimum atomic E-state index is 0. The minimum Gasteiger partial charge on any atom is -0.381 e. The second-order valence-corrected chi connectivity index (χ2v) is 5.32. The highest BCUT2D eigenvalue weighted by Crippen LogP contribution is 2.39. The van der Waals surface area contributed by atoms with E-state index in [2.05, 4.69) is 53.8 Å². The Hall–Kier alpha value is -1.51. The highest BCUT2D eigenvalue weighted by molar-refractivity contribution is 5.85. The zero-order chi connectivity index (χ0) is 13.1. The van der Waals surface area contributed by atoms with Crippen LogP contribution in [0, 0.1) is 5.92 Å². The molecule has 20 heavy (non-hydrogen) atoms. The van der Waals surface area contributed by atoms with Crippen molar-refractivity contribution in [3.05, 3.63) is 65.7 Å². The van der Waals surface area contributed by atoms with Gasteiger partial charge in [-0.3, -0.25) is 0 Å². The topological polar surface area (TPSA) is 38.0 Å². The number of hydrogen-bond donors (Lipinski definition) is 2. The Bertz CT molecular complexity index is 520. The van der Waals surface area contributed by atoms with Crippen LogP contribution < -0.4 is 11.1 Å². The molecule has 0 bridgehead atoms. The number of nitrogens with two attached hydrogens (primary N) is 1. The molecule has 1 saturated carbocycles. The van der Waals surface area contributed by atoms with Gasteiger partial charge in [-0.15, -0.1) is 12.4 Å². The van der Waals surface area contributed by atoms with Gasteiger partial charge in [-0.1, -0.05) is 42.5 Å². The molecule has 3 heteroatoms. The maximum atomic E-state index is 6.19.